The highest BCUT2D eigenvalue weighted by Crippen LogP contribution is 2.31. The van der Waals surface area contributed by atoms with Crippen LogP contribution >= 0.6 is 0 Å². The molecule has 0 unspecified atom stereocenters. The van der Waals surface area contributed by atoms with Gasteiger partial charge in [0.2, 0.25) is 0 Å². The number of esters is 1. The Morgan fingerprint density at radius 3 is 2.71 bits per heavy atom. The van der Waals surface area contributed by atoms with E-state index in [0.717, 1.165) is 30.4 Å². The fourth-order valence-corrected chi connectivity index (χ4v) is 2.96. The van der Waals surface area contributed by atoms with Gasteiger partial charge < -0.3 is 14.1 Å². The number of carbonyl (C=O) groups is 1. The van der Waals surface area contributed by atoms with Crippen LogP contribution in [0.2, 0.25) is 0 Å². The Morgan fingerprint density at radius 1 is 1.29 bits per heavy atom. The molecule has 21 heavy (non-hydrogen) atoms. The minimum absolute atomic E-state index is 0. The maximum Gasteiger partial charge on any atom is 0.337 e. The smallest absolute Gasteiger partial charge is 0.337 e. The molecular weight excluding hydrogens is 268 g/mol. The van der Waals surface area contributed by atoms with E-state index in [4.69, 9.17) is 9.57 Å². The van der Waals surface area contributed by atoms with Crippen molar-refractivity contribution in [1.82, 2.24) is 9.63 Å². The molecule has 0 atom stereocenters. The fourth-order valence-electron chi connectivity index (χ4n) is 2.96. The average molecular weight is 290 g/mol. The van der Waals surface area contributed by atoms with Crippen LogP contribution in [0.1, 0.15) is 29.0 Å². The Morgan fingerprint density at radius 2 is 2.05 bits per heavy atom. The van der Waals surface area contributed by atoms with Gasteiger partial charge >= 0.3 is 5.97 Å². The molecule has 0 saturated heterocycles. The topological polar surface area (TPSA) is 43.7 Å². The summed E-state index contributed by atoms with van der Waals surface area (Å²) in [5.74, 6) is -0.302. The number of rotatable bonds is 2. The Labute approximate surface area is 125 Å². The van der Waals surface area contributed by atoms with Crippen molar-refractivity contribution in [1.29, 1.82) is 0 Å². The van der Waals surface area contributed by atoms with Crippen molar-refractivity contribution in [3.05, 3.63) is 35.0 Å². The SMILES string of the molecule is C.COC(=O)c1ccc2c(c1)c1c(n2C)CCN(OC)C1. The molecule has 1 aliphatic rings. The highest BCUT2D eigenvalue weighted by molar-refractivity contribution is 5.96. The van der Waals surface area contributed by atoms with Crippen LogP contribution in [0.15, 0.2) is 18.2 Å². The van der Waals surface area contributed by atoms with Crippen LogP contribution in [0, 0.1) is 0 Å². The molecule has 0 bridgehead atoms. The van der Waals surface area contributed by atoms with Crippen molar-refractivity contribution < 1.29 is 14.4 Å². The summed E-state index contributed by atoms with van der Waals surface area (Å²) in [5.41, 5.74) is 4.28. The van der Waals surface area contributed by atoms with E-state index in [1.807, 2.05) is 23.3 Å². The maximum atomic E-state index is 11.7. The number of ether oxygens (including phenoxy) is 1. The van der Waals surface area contributed by atoms with Crippen molar-refractivity contribution in [2.24, 2.45) is 7.05 Å². The third kappa shape index (κ3) is 2.43. The Balaban J connectivity index is 0.00000161. The lowest BCUT2D eigenvalue weighted by molar-refractivity contribution is -0.142. The van der Waals surface area contributed by atoms with Crippen molar-refractivity contribution >= 4 is 16.9 Å². The zero-order chi connectivity index (χ0) is 14.3. The Kier molecular flexibility index (Phi) is 4.34. The second-order valence-electron chi connectivity index (χ2n) is 5.00. The number of carbonyl (C=O) groups excluding carboxylic acids is 1. The van der Waals surface area contributed by atoms with Gasteiger partial charge in [-0.15, -0.1) is 0 Å². The van der Waals surface area contributed by atoms with Crippen molar-refractivity contribution in [2.75, 3.05) is 20.8 Å². The molecular formula is C16H22N2O3. The van der Waals surface area contributed by atoms with Crippen LogP contribution in [-0.4, -0.2) is 36.4 Å². The van der Waals surface area contributed by atoms with E-state index < -0.39 is 0 Å². The number of methoxy groups -OCH3 is 1. The third-order valence-corrected chi connectivity index (χ3v) is 4.05. The summed E-state index contributed by atoms with van der Waals surface area (Å²) in [6.07, 6.45) is 0.946. The molecule has 2 aromatic rings. The van der Waals surface area contributed by atoms with Gasteiger partial charge in [-0.2, -0.15) is 5.06 Å². The summed E-state index contributed by atoms with van der Waals surface area (Å²) < 4.78 is 7.00. The fraction of sp³-hybridized carbons (Fsp3) is 0.438. The minimum Gasteiger partial charge on any atom is -0.465 e. The average Bonchev–Trinajstić information content (AvgIpc) is 2.78. The number of fused-ring (bicyclic) bond motifs is 3. The van der Waals surface area contributed by atoms with Crippen LogP contribution < -0.4 is 0 Å². The molecule has 0 spiro atoms. The van der Waals surface area contributed by atoms with E-state index in [1.54, 1.807) is 7.11 Å². The van der Waals surface area contributed by atoms with E-state index in [9.17, 15) is 4.79 Å². The van der Waals surface area contributed by atoms with Crippen LogP contribution in [0.4, 0.5) is 0 Å². The number of aryl methyl sites for hydroxylation is 1. The van der Waals surface area contributed by atoms with Gasteiger partial charge in [-0.25, -0.2) is 4.79 Å². The van der Waals surface area contributed by atoms with Crippen molar-refractivity contribution in [3.8, 4) is 0 Å². The first-order chi connectivity index (χ1) is 9.65. The molecule has 0 fully saturated rings. The van der Waals surface area contributed by atoms with E-state index in [-0.39, 0.29) is 13.4 Å². The highest BCUT2D eigenvalue weighted by Gasteiger charge is 2.23. The van der Waals surface area contributed by atoms with Gasteiger partial charge in [0.05, 0.1) is 26.3 Å². The number of benzene rings is 1. The van der Waals surface area contributed by atoms with Crippen LogP contribution in [0.3, 0.4) is 0 Å². The molecule has 1 aromatic heterocycles. The van der Waals surface area contributed by atoms with Gasteiger partial charge in [0.15, 0.2) is 0 Å². The van der Waals surface area contributed by atoms with Crippen LogP contribution in [0.5, 0.6) is 0 Å². The molecule has 5 nitrogen and oxygen atoms in total. The lowest BCUT2D eigenvalue weighted by Gasteiger charge is -2.25. The van der Waals surface area contributed by atoms with E-state index in [0.29, 0.717) is 5.56 Å². The second-order valence-corrected chi connectivity index (χ2v) is 5.00. The highest BCUT2D eigenvalue weighted by atomic mass is 16.7. The minimum atomic E-state index is -0.302. The first-order valence-electron chi connectivity index (χ1n) is 6.63. The molecule has 114 valence electrons. The van der Waals surface area contributed by atoms with Crippen molar-refractivity contribution in [3.63, 3.8) is 0 Å². The third-order valence-electron chi connectivity index (χ3n) is 4.05. The Bertz CT molecular complexity index is 676. The summed E-state index contributed by atoms with van der Waals surface area (Å²) in [7, 11) is 5.16. The summed E-state index contributed by atoms with van der Waals surface area (Å²) in [4.78, 5) is 17.0. The lowest BCUT2D eigenvalue weighted by Crippen LogP contribution is -2.29. The second kappa shape index (κ2) is 5.87. The van der Waals surface area contributed by atoms with E-state index >= 15 is 0 Å². The first kappa shape index (κ1) is 15.5. The quantitative estimate of drug-likeness (QED) is 0.797. The number of hydroxylamine groups is 2. The largest absolute Gasteiger partial charge is 0.465 e. The number of hydrogen-bond donors (Lipinski definition) is 0. The first-order valence-corrected chi connectivity index (χ1v) is 6.63. The molecule has 0 saturated carbocycles. The van der Waals surface area contributed by atoms with Crippen molar-refractivity contribution in [2.45, 2.75) is 20.4 Å². The molecule has 0 aliphatic carbocycles. The van der Waals surface area contributed by atoms with Gasteiger partial charge in [0.25, 0.3) is 0 Å². The predicted molar refractivity (Wildman–Crippen MR) is 82.1 cm³/mol. The molecule has 0 radical (unpaired) electrons. The molecule has 5 heteroatoms. The molecule has 1 aliphatic heterocycles. The van der Waals surface area contributed by atoms with Gasteiger partial charge in [0.1, 0.15) is 0 Å². The predicted octanol–water partition coefficient (Wildman–Crippen LogP) is 2.52. The van der Waals surface area contributed by atoms with Gasteiger partial charge in [0, 0.05) is 36.6 Å². The molecule has 0 amide bonds. The van der Waals surface area contributed by atoms with Gasteiger partial charge in [-0.1, -0.05) is 7.43 Å². The number of aromatic nitrogens is 1. The zero-order valence-electron chi connectivity index (χ0n) is 12.0. The van der Waals surface area contributed by atoms with Crippen LogP contribution in [0.25, 0.3) is 10.9 Å². The van der Waals surface area contributed by atoms with E-state index in [2.05, 4.69) is 11.6 Å². The van der Waals surface area contributed by atoms with E-state index in [1.165, 1.54) is 18.4 Å². The standard InChI is InChI=1S/C15H18N2O3.CH4/c1-16-13-5-4-10(15(18)19-2)8-11(13)12-9-17(20-3)7-6-14(12)16;/h4-5,8H,6-7,9H2,1-3H3;1H4. The van der Waals surface area contributed by atoms with Crippen LogP contribution in [-0.2, 0) is 29.6 Å². The molecule has 3 rings (SSSR count). The molecule has 2 heterocycles. The normalized spacial score (nSPS) is 14.6. The maximum absolute atomic E-state index is 11.7. The number of nitrogens with zero attached hydrogens (tertiary/aromatic N) is 2. The molecule has 1 aromatic carbocycles. The summed E-state index contributed by atoms with van der Waals surface area (Å²) in [5, 5.41) is 3.04. The summed E-state index contributed by atoms with van der Waals surface area (Å²) in [6.45, 7) is 1.63. The molecule has 0 N–H and O–H groups in total. The lowest BCUT2D eigenvalue weighted by atomic mass is 10.0. The monoisotopic (exact) mass is 290 g/mol. The number of hydrogen-bond acceptors (Lipinski definition) is 4. The Hall–Kier alpha value is -1.85. The zero-order valence-corrected chi connectivity index (χ0v) is 12.0. The van der Waals surface area contributed by atoms with Gasteiger partial charge in [-0.3, -0.25) is 0 Å². The summed E-state index contributed by atoms with van der Waals surface area (Å²) >= 11 is 0. The summed E-state index contributed by atoms with van der Waals surface area (Å²) in [6, 6.07) is 5.71. The van der Waals surface area contributed by atoms with Gasteiger partial charge in [-0.05, 0) is 23.8 Å².